The first-order chi connectivity index (χ1) is 5.54. The maximum Gasteiger partial charge on any atom is 0.267 e. The number of hydrogen-bond donors (Lipinski definition) is 0. The van der Waals surface area contributed by atoms with Crippen LogP contribution in [-0.4, -0.2) is 29.9 Å². The molecule has 1 rings (SSSR count). The molecule has 0 aliphatic rings. The van der Waals surface area contributed by atoms with Crippen LogP contribution in [-0.2, 0) is 9.84 Å². The van der Waals surface area contributed by atoms with E-state index in [-0.39, 0.29) is 10.9 Å². The van der Waals surface area contributed by atoms with Gasteiger partial charge in [-0.1, -0.05) is 0 Å². The number of hydrogen-bond acceptors (Lipinski definition) is 6. The van der Waals surface area contributed by atoms with Crippen molar-refractivity contribution in [3.8, 4) is 6.07 Å². The van der Waals surface area contributed by atoms with Crippen molar-refractivity contribution in [2.75, 3.05) is 6.26 Å². The van der Waals surface area contributed by atoms with E-state index >= 15 is 0 Å². The van der Waals surface area contributed by atoms with Gasteiger partial charge in [0.15, 0.2) is 5.69 Å². The first-order valence-corrected chi connectivity index (χ1v) is 4.73. The molecule has 0 amide bonds. The van der Waals surface area contributed by atoms with Crippen molar-refractivity contribution >= 4 is 9.84 Å². The topological polar surface area (TPSA) is 96.6 Å². The Morgan fingerprint density at radius 3 is 2.50 bits per heavy atom. The predicted molar refractivity (Wildman–Crippen MR) is 37.7 cm³/mol. The molecular formula is C5H4N4O2S. The minimum Gasteiger partial charge on any atom is -0.222 e. The van der Waals surface area contributed by atoms with E-state index in [1.54, 1.807) is 6.07 Å². The Morgan fingerprint density at radius 1 is 1.50 bits per heavy atom. The molecule has 1 aromatic rings. The molecule has 0 bridgehead atoms. The summed E-state index contributed by atoms with van der Waals surface area (Å²) in [5, 5.41) is 14.5. The normalized spacial score (nSPS) is 10.7. The molecule has 0 saturated carbocycles. The molecule has 0 atom stereocenters. The third kappa shape index (κ3) is 1.73. The molecule has 1 heterocycles. The Bertz CT molecular complexity index is 416. The SMILES string of the molecule is CS(=O)(=O)c1ncc(C#N)nn1. The molecule has 0 N–H and O–H groups in total. The second kappa shape index (κ2) is 2.83. The van der Waals surface area contributed by atoms with Crippen LogP contribution >= 0.6 is 0 Å². The van der Waals surface area contributed by atoms with Crippen LogP contribution in [0.2, 0.25) is 0 Å². The monoisotopic (exact) mass is 184 g/mol. The molecule has 0 saturated heterocycles. The summed E-state index contributed by atoms with van der Waals surface area (Å²) in [6.45, 7) is 0. The van der Waals surface area contributed by atoms with Gasteiger partial charge in [-0.15, -0.1) is 10.2 Å². The van der Waals surface area contributed by atoms with E-state index in [1.807, 2.05) is 0 Å². The fraction of sp³-hybridized carbons (Fsp3) is 0.200. The van der Waals surface area contributed by atoms with Gasteiger partial charge in [0.25, 0.3) is 5.16 Å². The van der Waals surface area contributed by atoms with Crippen molar-refractivity contribution in [2.24, 2.45) is 0 Å². The molecule has 0 aliphatic heterocycles. The van der Waals surface area contributed by atoms with Crippen molar-refractivity contribution < 1.29 is 8.42 Å². The van der Waals surface area contributed by atoms with E-state index < -0.39 is 9.84 Å². The largest absolute Gasteiger partial charge is 0.267 e. The van der Waals surface area contributed by atoms with E-state index in [4.69, 9.17) is 5.26 Å². The molecule has 7 heteroatoms. The number of rotatable bonds is 1. The van der Waals surface area contributed by atoms with Crippen LogP contribution < -0.4 is 0 Å². The van der Waals surface area contributed by atoms with Gasteiger partial charge in [-0.3, -0.25) is 0 Å². The molecule has 0 aromatic carbocycles. The summed E-state index contributed by atoms with van der Waals surface area (Å²) >= 11 is 0. The molecule has 62 valence electrons. The van der Waals surface area contributed by atoms with Gasteiger partial charge in [0, 0.05) is 6.26 Å². The summed E-state index contributed by atoms with van der Waals surface area (Å²) in [7, 11) is -3.42. The van der Waals surface area contributed by atoms with Crippen LogP contribution in [0.15, 0.2) is 11.4 Å². The van der Waals surface area contributed by atoms with Crippen molar-refractivity contribution in [1.82, 2.24) is 15.2 Å². The maximum absolute atomic E-state index is 10.8. The first kappa shape index (κ1) is 8.55. The fourth-order valence-electron chi connectivity index (χ4n) is 0.486. The third-order valence-electron chi connectivity index (χ3n) is 0.987. The maximum atomic E-state index is 10.8. The Kier molecular flexibility index (Phi) is 2.01. The molecule has 6 nitrogen and oxygen atoms in total. The zero-order valence-corrected chi connectivity index (χ0v) is 6.91. The molecular weight excluding hydrogens is 180 g/mol. The number of sulfone groups is 1. The minimum atomic E-state index is -3.42. The highest BCUT2D eigenvalue weighted by Gasteiger charge is 2.10. The Morgan fingerprint density at radius 2 is 2.17 bits per heavy atom. The Balaban J connectivity index is 3.20. The van der Waals surface area contributed by atoms with Gasteiger partial charge < -0.3 is 0 Å². The van der Waals surface area contributed by atoms with Crippen LogP contribution in [0.25, 0.3) is 0 Å². The predicted octanol–water partition coefficient (Wildman–Crippen LogP) is -0.853. The summed E-state index contributed by atoms with van der Waals surface area (Å²) < 4.78 is 21.6. The minimum absolute atomic E-state index is 0.0117. The molecule has 0 unspecified atom stereocenters. The van der Waals surface area contributed by atoms with Crippen molar-refractivity contribution in [1.29, 1.82) is 5.26 Å². The molecule has 0 aliphatic carbocycles. The number of nitrogens with zero attached hydrogens (tertiary/aromatic N) is 4. The second-order valence-electron chi connectivity index (χ2n) is 2.01. The lowest BCUT2D eigenvalue weighted by molar-refractivity contribution is 0.588. The zero-order chi connectivity index (χ0) is 9.19. The summed E-state index contributed by atoms with van der Waals surface area (Å²) in [6.07, 6.45) is 2.03. The average Bonchev–Trinajstić information content (AvgIpc) is 2.03. The van der Waals surface area contributed by atoms with Gasteiger partial charge in [0.2, 0.25) is 9.84 Å². The van der Waals surface area contributed by atoms with Gasteiger partial charge in [-0.2, -0.15) is 5.26 Å². The second-order valence-corrected chi connectivity index (χ2v) is 3.92. The van der Waals surface area contributed by atoms with Crippen LogP contribution in [0.3, 0.4) is 0 Å². The van der Waals surface area contributed by atoms with Crippen molar-refractivity contribution in [3.05, 3.63) is 11.9 Å². The van der Waals surface area contributed by atoms with Gasteiger partial charge in [-0.05, 0) is 0 Å². The standard InChI is InChI=1S/C5H4N4O2S/c1-12(10,11)5-7-3-4(2-6)8-9-5/h3H,1H3. The smallest absolute Gasteiger partial charge is 0.222 e. The van der Waals surface area contributed by atoms with Gasteiger partial charge in [-0.25, -0.2) is 13.4 Å². The first-order valence-electron chi connectivity index (χ1n) is 2.84. The van der Waals surface area contributed by atoms with Crippen LogP contribution in [0, 0.1) is 11.3 Å². The number of nitriles is 1. The van der Waals surface area contributed by atoms with E-state index in [1.165, 1.54) is 0 Å². The highest BCUT2D eigenvalue weighted by molar-refractivity contribution is 7.90. The van der Waals surface area contributed by atoms with Gasteiger partial charge >= 0.3 is 0 Å². The molecule has 0 spiro atoms. The number of aromatic nitrogens is 3. The van der Waals surface area contributed by atoms with E-state index in [9.17, 15) is 8.42 Å². The third-order valence-corrected chi connectivity index (χ3v) is 1.84. The Labute approximate surface area is 68.8 Å². The van der Waals surface area contributed by atoms with E-state index in [0.717, 1.165) is 12.5 Å². The highest BCUT2D eigenvalue weighted by Crippen LogP contribution is 1.97. The summed E-state index contributed by atoms with van der Waals surface area (Å²) in [6, 6.07) is 1.67. The lowest BCUT2D eigenvalue weighted by Crippen LogP contribution is -2.05. The molecule has 0 radical (unpaired) electrons. The summed E-state index contributed by atoms with van der Waals surface area (Å²) in [5.74, 6) is 0. The van der Waals surface area contributed by atoms with Gasteiger partial charge in [0.1, 0.15) is 6.07 Å². The van der Waals surface area contributed by atoms with E-state index in [0.29, 0.717) is 0 Å². The lowest BCUT2D eigenvalue weighted by atomic mass is 10.5. The fourth-order valence-corrected chi connectivity index (χ4v) is 0.919. The highest BCUT2D eigenvalue weighted by atomic mass is 32.2. The Hall–Kier alpha value is -1.55. The molecule has 12 heavy (non-hydrogen) atoms. The van der Waals surface area contributed by atoms with E-state index in [2.05, 4.69) is 15.2 Å². The zero-order valence-electron chi connectivity index (χ0n) is 6.09. The van der Waals surface area contributed by atoms with Crippen molar-refractivity contribution in [2.45, 2.75) is 5.16 Å². The molecule has 1 aromatic heterocycles. The van der Waals surface area contributed by atoms with Gasteiger partial charge in [0.05, 0.1) is 6.20 Å². The van der Waals surface area contributed by atoms with Crippen LogP contribution in [0.5, 0.6) is 0 Å². The lowest BCUT2D eigenvalue weighted by Gasteiger charge is -1.92. The quantitative estimate of drug-likeness (QED) is 0.563. The summed E-state index contributed by atoms with van der Waals surface area (Å²) in [4.78, 5) is 3.44. The van der Waals surface area contributed by atoms with Crippen LogP contribution in [0.4, 0.5) is 0 Å². The van der Waals surface area contributed by atoms with Crippen LogP contribution in [0.1, 0.15) is 5.69 Å². The van der Waals surface area contributed by atoms with Crippen molar-refractivity contribution in [3.63, 3.8) is 0 Å². The average molecular weight is 184 g/mol. The molecule has 0 fully saturated rings. The summed E-state index contributed by atoms with van der Waals surface area (Å²) in [5.41, 5.74) is -0.0117.